The van der Waals surface area contributed by atoms with Crippen LogP contribution in [0.15, 0.2) is 36.4 Å². The molecule has 0 radical (unpaired) electrons. The van der Waals surface area contributed by atoms with Crippen molar-refractivity contribution in [2.24, 2.45) is 11.8 Å². The number of benzene rings is 2. The lowest BCUT2D eigenvalue weighted by atomic mass is 9.84. The van der Waals surface area contributed by atoms with Crippen molar-refractivity contribution in [1.82, 2.24) is 9.80 Å². The molecule has 3 saturated heterocycles. The zero-order valence-corrected chi connectivity index (χ0v) is 18.8. The number of nitrogens with zero attached hydrogens (tertiary/aromatic N) is 2. The Kier molecular flexibility index (Phi) is 6.05. The predicted molar refractivity (Wildman–Crippen MR) is 123 cm³/mol. The SMILES string of the molecule is COc1ccc(C(=O)N2CCC(C(=O)N3CCCC4COCCC43)CC2)c2ccccc12. The average molecular weight is 437 g/mol. The van der Waals surface area contributed by atoms with Gasteiger partial charge in [0.05, 0.1) is 13.7 Å². The quantitative estimate of drug-likeness (QED) is 0.736. The molecule has 0 bridgehead atoms. The molecule has 3 fully saturated rings. The highest BCUT2D eigenvalue weighted by Gasteiger charge is 2.39. The number of hydrogen-bond donors (Lipinski definition) is 0. The summed E-state index contributed by atoms with van der Waals surface area (Å²) in [6.07, 6.45) is 4.67. The van der Waals surface area contributed by atoms with Crippen molar-refractivity contribution in [3.8, 4) is 5.75 Å². The fourth-order valence-corrected chi connectivity index (χ4v) is 5.81. The summed E-state index contributed by atoms with van der Waals surface area (Å²) >= 11 is 0. The zero-order chi connectivity index (χ0) is 22.1. The second-order valence-electron chi connectivity index (χ2n) is 9.29. The summed E-state index contributed by atoms with van der Waals surface area (Å²) in [4.78, 5) is 30.8. The van der Waals surface area contributed by atoms with Gasteiger partial charge in [0.15, 0.2) is 0 Å². The molecule has 170 valence electrons. The molecule has 32 heavy (non-hydrogen) atoms. The van der Waals surface area contributed by atoms with Crippen molar-refractivity contribution in [3.63, 3.8) is 0 Å². The van der Waals surface area contributed by atoms with Crippen LogP contribution in [0, 0.1) is 11.8 Å². The van der Waals surface area contributed by atoms with Gasteiger partial charge in [-0.1, -0.05) is 24.3 Å². The molecule has 3 aliphatic heterocycles. The maximum absolute atomic E-state index is 13.4. The Morgan fingerprint density at radius 2 is 1.75 bits per heavy atom. The van der Waals surface area contributed by atoms with Gasteiger partial charge in [-0.3, -0.25) is 9.59 Å². The second-order valence-corrected chi connectivity index (χ2v) is 9.29. The van der Waals surface area contributed by atoms with Crippen molar-refractivity contribution >= 4 is 22.6 Å². The lowest BCUT2D eigenvalue weighted by Crippen LogP contribution is -2.54. The van der Waals surface area contributed by atoms with Gasteiger partial charge in [0.1, 0.15) is 5.75 Å². The number of piperidine rings is 2. The van der Waals surface area contributed by atoms with Crippen LogP contribution in [0.25, 0.3) is 10.8 Å². The molecule has 2 atom stereocenters. The van der Waals surface area contributed by atoms with Crippen molar-refractivity contribution < 1.29 is 19.1 Å². The minimum Gasteiger partial charge on any atom is -0.496 e. The molecular formula is C26H32N2O4. The van der Waals surface area contributed by atoms with Gasteiger partial charge in [-0.2, -0.15) is 0 Å². The van der Waals surface area contributed by atoms with E-state index in [9.17, 15) is 9.59 Å². The normalized spacial score (nSPS) is 24.3. The lowest BCUT2D eigenvalue weighted by Gasteiger charge is -2.45. The van der Waals surface area contributed by atoms with Gasteiger partial charge < -0.3 is 19.3 Å². The summed E-state index contributed by atoms with van der Waals surface area (Å²) in [7, 11) is 1.65. The standard InChI is InChI=1S/C26H32N2O4/c1-31-24-9-8-22(20-6-2-3-7-21(20)24)26(30)27-14-10-18(11-15-27)25(29)28-13-4-5-19-17-32-16-12-23(19)28/h2-3,6-9,18-19,23H,4-5,10-17H2,1H3. The highest BCUT2D eigenvalue weighted by Crippen LogP contribution is 2.33. The number of likely N-dealkylation sites (tertiary alicyclic amines) is 2. The molecule has 0 saturated carbocycles. The van der Waals surface area contributed by atoms with Gasteiger partial charge in [-0.25, -0.2) is 0 Å². The highest BCUT2D eigenvalue weighted by atomic mass is 16.5. The number of amides is 2. The molecule has 2 aromatic rings. The third-order valence-corrected chi connectivity index (χ3v) is 7.56. The Balaban J connectivity index is 1.26. The summed E-state index contributed by atoms with van der Waals surface area (Å²) in [5.41, 5.74) is 0.701. The molecule has 2 unspecified atom stereocenters. The van der Waals surface area contributed by atoms with E-state index in [-0.39, 0.29) is 11.8 Å². The first-order valence-electron chi connectivity index (χ1n) is 11.9. The summed E-state index contributed by atoms with van der Waals surface area (Å²) in [5, 5.41) is 1.86. The van der Waals surface area contributed by atoms with E-state index < -0.39 is 0 Å². The van der Waals surface area contributed by atoms with Gasteiger partial charge in [-0.15, -0.1) is 0 Å². The van der Waals surface area contributed by atoms with Crippen LogP contribution in [0.4, 0.5) is 0 Å². The molecule has 3 aliphatic rings. The van der Waals surface area contributed by atoms with Crippen LogP contribution in [0.2, 0.25) is 0 Å². The van der Waals surface area contributed by atoms with Gasteiger partial charge >= 0.3 is 0 Å². The van der Waals surface area contributed by atoms with Crippen molar-refractivity contribution in [3.05, 3.63) is 42.0 Å². The van der Waals surface area contributed by atoms with Crippen molar-refractivity contribution in [2.75, 3.05) is 40.0 Å². The van der Waals surface area contributed by atoms with Crippen LogP contribution in [0.3, 0.4) is 0 Å². The molecule has 3 heterocycles. The van der Waals surface area contributed by atoms with E-state index in [2.05, 4.69) is 4.90 Å². The predicted octanol–water partition coefficient (Wildman–Crippen LogP) is 3.73. The molecule has 6 nitrogen and oxygen atoms in total. The van der Waals surface area contributed by atoms with Crippen LogP contribution < -0.4 is 4.74 Å². The van der Waals surface area contributed by atoms with Crippen LogP contribution >= 0.6 is 0 Å². The second kappa shape index (κ2) is 9.10. The zero-order valence-electron chi connectivity index (χ0n) is 18.8. The van der Waals surface area contributed by atoms with Crippen molar-refractivity contribution in [1.29, 1.82) is 0 Å². The number of fused-ring (bicyclic) bond motifs is 2. The third kappa shape index (κ3) is 3.85. The monoisotopic (exact) mass is 436 g/mol. The minimum atomic E-state index is 0.0215. The number of carbonyl (C=O) groups is 2. The molecule has 6 heteroatoms. The van der Waals surface area contributed by atoms with Gasteiger partial charge in [0.2, 0.25) is 5.91 Å². The van der Waals surface area contributed by atoms with Crippen LogP contribution in [-0.4, -0.2) is 67.6 Å². The van der Waals surface area contributed by atoms with Gasteiger partial charge in [0, 0.05) is 55.1 Å². The fourth-order valence-electron chi connectivity index (χ4n) is 5.81. The largest absolute Gasteiger partial charge is 0.496 e. The van der Waals surface area contributed by atoms with E-state index in [1.54, 1.807) is 7.11 Å². The molecule has 0 spiro atoms. The van der Waals surface area contributed by atoms with Crippen LogP contribution in [0.5, 0.6) is 5.75 Å². The summed E-state index contributed by atoms with van der Waals surface area (Å²) in [6, 6.07) is 11.9. The smallest absolute Gasteiger partial charge is 0.254 e. The molecule has 0 N–H and O–H groups in total. The Morgan fingerprint density at radius 1 is 0.969 bits per heavy atom. The molecule has 0 aromatic heterocycles. The minimum absolute atomic E-state index is 0.0215. The number of methoxy groups -OCH3 is 1. The maximum Gasteiger partial charge on any atom is 0.254 e. The number of ether oxygens (including phenoxy) is 2. The van der Waals surface area contributed by atoms with E-state index in [0.717, 1.165) is 68.4 Å². The van der Waals surface area contributed by atoms with Crippen LogP contribution in [-0.2, 0) is 9.53 Å². The Hall–Kier alpha value is -2.60. The number of carbonyl (C=O) groups excluding carboxylic acids is 2. The van der Waals surface area contributed by atoms with E-state index >= 15 is 0 Å². The molecule has 0 aliphatic carbocycles. The Labute approximate surface area is 189 Å². The summed E-state index contributed by atoms with van der Waals surface area (Å²) in [6.45, 7) is 3.67. The summed E-state index contributed by atoms with van der Waals surface area (Å²) < 4.78 is 11.1. The fraction of sp³-hybridized carbons (Fsp3) is 0.538. The Bertz CT molecular complexity index is 996. The molecule has 5 rings (SSSR count). The topological polar surface area (TPSA) is 59.1 Å². The van der Waals surface area contributed by atoms with E-state index in [1.807, 2.05) is 41.3 Å². The van der Waals surface area contributed by atoms with E-state index in [1.165, 1.54) is 0 Å². The number of rotatable bonds is 3. The lowest BCUT2D eigenvalue weighted by molar-refractivity contribution is -0.146. The van der Waals surface area contributed by atoms with E-state index in [4.69, 9.17) is 9.47 Å². The van der Waals surface area contributed by atoms with E-state index in [0.29, 0.717) is 36.5 Å². The van der Waals surface area contributed by atoms with Gasteiger partial charge in [0.25, 0.3) is 5.91 Å². The average Bonchev–Trinajstić information content (AvgIpc) is 2.87. The molecular weight excluding hydrogens is 404 g/mol. The number of hydrogen-bond acceptors (Lipinski definition) is 4. The van der Waals surface area contributed by atoms with Crippen molar-refractivity contribution in [2.45, 2.75) is 38.1 Å². The first kappa shape index (κ1) is 21.3. The van der Waals surface area contributed by atoms with Crippen LogP contribution in [0.1, 0.15) is 42.5 Å². The first-order chi connectivity index (χ1) is 15.7. The summed E-state index contributed by atoms with van der Waals surface area (Å²) in [5.74, 6) is 1.62. The third-order valence-electron chi connectivity index (χ3n) is 7.56. The Morgan fingerprint density at radius 3 is 2.53 bits per heavy atom. The van der Waals surface area contributed by atoms with Gasteiger partial charge in [-0.05, 0) is 49.6 Å². The first-order valence-corrected chi connectivity index (χ1v) is 11.9. The highest BCUT2D eigenvalue weighted by molar-refractivity contribution is 6.08. The maximum atomic E-state index is 13.4. The molecule has 2 aromatic carbocycles. The molecule has 2 amide bonds.